The van der Waals surface area contributed by atoms with E-state index in [-0.39, 0.29) is 0 Å². The number of piperidine rings is 1. The highest BCUT2D eigenvalue weighted by molar-refractivity contribution is 5.96. The second-order valence-electron chi connectivity index (χ2n) is 11.8. The van der Waals surface area contributed by atoms with Gasteiger partial charge >= 0.3 is 0 Å². The molecule has 1 aromatic carbocycles. The van der Waals surface area contributed by atoms with Crippen LogP contribution in [0.5, 0.6) is 5.75 Å². The minimum Gasteiger partial charge on any atom is -0.497 e. The Balaban J connectivity index is 1.30. The zero-order valence-corrected chi connectivity index (χ0v) is 26.5. The highest BCUT2D eigenvalue weighted by atomic mass is 16.5. The van der Waals surface area contributed by atoms with Gasteiger partial charge in [-0.25, -0.2) is 9.97 Å². The first-order valence-electron chi connectivity index (χ1n) is 15.4. The summed E-state index contributed by atoms with van der Waals surface area (Å²) >= 11 is 0. The van der Waals surface area contributed by atoms with Gasteiger partial charge in [0, 0.05) is 67.8 Å². The van der Waals surface area contributed by atoms with E-state index in [2.05, 4.69) is 56.8 Å². The molecule has 0 radical (unpaired) electrons. The number of ether oxygens (including phenoxy) is 1. The summed E-state index contributed by atoms with van der Waals surface area (Å²) in [5, 5.41) is 0. The molecule has 1 atom stereocenters. The molecule has 0 aliphatic carbocycles. The summed E-state index contributed by atoms with van der Waals surface area (Å²) in [7, 11) is 1.70. The molecule has 230 valence electrons. The summed E-state index contributed by atoms with van der Waals surface area (Å²) in [5.41, 5.74) is 14.2. The van der Waals surface area contributed by atoms with Gasteiger partial charge in [-0.2, -0.15) is 0 Å². The van der Waals surface area contributed by atoms with E-state index < -0.39 is 5.91 Å². The highest BCUT2D eigenvalue weighted by Gasteiger charge is 2.28. The molecule has 0 saturated carbocycles. The van der Waals surface area contributed by atoms with Gasteiger partial charge in [-0.15, -0.1) is 0 Å². The zero-order valence-electron chi connectivity index (χ0n) is 26.5. The second-order valence-corrected chi connectivity index (χ2v) is 11.8. The molecule has 0 unspecified atom stereocenters. The highest BCUT2D eigenvalue weighted by Crippen LogP contribution is 2.31. The van der Waals surface area contributed by atoms with Crippen LogP contribution in [0.15, 0.2) is 61.4 Å². The fraction of sp³-hybridized carbons (Fsp3) is 0.400. The zero-order chi connectivity index (χ0) is 31.2. The van der Waals surface area contributed by atoms with E-state index >= 15 is 0 Å². The maximum atomic E-state index is 12.3. The van der Waals surface area contributed by atoms with Crippen molar-refractivity contribution in [3.63, 3.8) is 0 Å². The maximum Gasteiger partial charge on any atom is 0.250 e. The number of rotatable bonds is 11. The summed E-state index contributed by atoms with van der Waals surface area (Å²) < 4.78 is 5.42. The third-order valence-corrected chi connectivity index (χ3v) is 9.10. The molecule has 3 aromatic heterocycles. The minimum absolute atomic E-state index is 0.364. The molecular weight excluding hydrogens is 550 g/mol. The van der Waals surface area contributed by atoms with Gasteiger partial charge in [0.1, 0.15) is 12.1 Å². The number of likely N-dealkylation sites (tertiary alicyclic amines) is 1. The van der Waals surface area contributed by atoms with Crippen LogP contribution in [0.1, 0.15) is 64.5 Å². The summed E-state index contributed by atoms with van der Waals surface area (Å²) in [6.45, 7) is 11.1. The fourth-order valence-electron chi connectivity index (χ4n) is 6.44. The number of carbonyl (C=O) groups excluding carboxylic acids is 1. The molecular formula is C35H43N7O2. The van der Waals surface area contributed by atoms with Crippen molar-refractivity contribution in [3.8, 4) is 17.0 Å². The number of amides is 1. The van der Waals surface area contributed by atoms with Crippen LogP contribution in [0.3, 0.4) is 0 Å². The molecule has 9 nitrogen and oxygen atoms in total. The van der Waals surface area contributed by atoms with Crippen molar-refractivity contribution in [2.45, 2.75) is 72.0 Å². The van der Waals surface area contributed by atoms with Crippen molar-refractivity contribution in [2.24, 2.45) is 5.73 Å². The van der Waals surface area contributed by atoms with Gasteiger partial charge < -0.3 is 20.3 Å². The van der Waals surface area contributed by atoms with Crippen molar-refractivity contribution < 1.29 is 9.53 Å². The monoisotopic (exact) mass is 593 g/mol. The van der Waals surface area contributed by atoms with Crippen molar-refractivity contribution in [2.75, 3.05) is 25.1 Å². The molecule has 0 spiro atoms. The lowest BCUT2D eigenvalue weighted by molar-refractivity contribution is 0.0998. The molecule has 44 heavy (non-hydrogen) atoms. The molecule has 4 aromatic rings. The number of anilines is 1. The third kappa shape index (κ3) is 6.89. The summed E-state index contributed by atoms with van der Waals surface area (Å²) in [4.78, 5) is 35.1. The number of hydrogen-bond donors (Lipinski definition) is 1. The van der Waals surface area contributed by atoms with E-state index in [0.717, 1.165) is 73.5 Å². The quantitative estimate of drug-likeness (QED) is 0.244. The lowest BCUT2D eigenvalue weighted by Crippen LogP contribution is -2.47. The average Bonchev–Trinajstić information content (AvgIpc) is 3.04. The molecule has 5 rings (SSSR count). The maximum absolute atomic E-state index is 12.3. The SMILES string of the molecule is COc1ccc(N(Cc2cnccc2C)C2CCN([C@H](C)CCc3c(-c4cncnc4)nc(C)c(C(N)=O)c3C)CC2)cc1. The number of hydrogen-bond acceptors (Lipinski definition) is 8. The smallest absolute Gasteiger partial charge is 0.250 e. The van der Waals surface area contributed by atoms with Crippen molar-refractivity contribution in [1.29, 1.82) is 0 Å². The van der Waals surface area contributed by atoms with Crippen LogP contribution in [0.25, 0.3) is 11.3 Å². The first-order chi connectivity index (χ1) is 21.3. The Labute approximate surface area is 260 Å². The normalized spacial score (nSPS) is 14.8. The largest absolute Gasteiger partial charge is 0.497 e. The number of nitrogens with zero attached hydrogens (tertiary/aromatic N) is 6. The number of pyridine rings is 2. The molecule has 2 N–H and O–H groups in total. The molecule has 0 bridgehead atoms. The lowest BCUT2D eigenvalue weighted by atomic mass is 9.92. The Morgan fingerprint density at radius 3 is 2.39 bits per heavy atom. The van der Waals surface area contributed by atoms with Crippen molar-refractivity contribution in [1.82, 2.24) is 24.8 Å². The van der Waals surface area contributed by atoms with Gasteiger partial charge in [0.25, 0.3) is 5.91 Å². The molecule has 9 heteroatoms. The van der Waals surface area contributed by atoms with E-state index in [9.17, 15) is 4.79 Å². The van der Waals surface area contributed by atoms with E-state index in [1.807, 2.05) is 38.4 Å². The molecule has 1 fully saturated rings. The second kappa shape index (κ2) is 13.9. The molecule has 1 aliphatic heterocycles. The summed E-state index contributed by atoms with van der Waals surface area (Å²) in [6.07, 6.45) is 12.8. The molecule has 1 amide bonds. The number of primary amides is 1. The lowest BCUT2D eigenvalue weighted by Gasteiger charge is -2.42. The summed E-state index contributed by atoms with van der Waals surface area (Å²) in [6, 6.07) is 11.3. The Hall–Kier alpha value is -4.37. The van der Waals surface area contributed by atoms with E-state index in [0.29, 0.717) is 23.3 Å². The van der Waals surface area contributed by atoms with Crippen LogP contribution in [-0.4, -0.2) is 63.0 Å². The molecule has 1 saturated heterocycles. The number of aryl methyl sites for hydroxylation is 2. The van der Waals surface area contributed by atoms with Gasteiger partial charge in [-0.05, 0) is 106 Å². The van der Waals surface area contributed by atoms with E-state index in [4.69, 9.17) is 15.5 Å². The van der Waals surface area contributed by atoms with Gasteiger partial charge in [-0.3, -0.25) is 14.8 Å². The van der Waals surface area contributed by atoms with Gasteiger partial charge in [0.05, 0.1) is 24.1 Å². The number of methoxy groups -OCH3 is 1. The number of carbonyl (C=O) groups is 1. The Morgan fingerprint density at radius 1 is 1.05 bits per heavy atom. The predicted octanol–water partition coefficient (Wildman–Crippen LogP) is 5.46. The van der Waals surface area contributed by atoms with Crippen LogP contribution in [0, 0.1) is 20.8 Å². The number of aromatic nitrogens is 4. The Kier molecular flexibility index (Phi) is 9.85. The van der Waals surface area contributed by atoms with Gasteiger partial charge in [0.2, 0.25) is 0 Å². The standard InChI is InChI=1S/C35H43N7O2/c1-23-12-15-37-20-28(23)21-42(29-7-9-31(44-5)10-8-29)30-13-16-41(17-14-30)24(2)6-11-32-25(3)33(35(36)43)26(4)40-34(32)27-18-38-22-39-19-27/h7-10,12,15,18-20,22,24,30H,6,11,13-14,16-17,21H2,1-5H3,(H2,36,43)/t24-/m1/s1. The predicted molar refractivity (Wildman–Crippen MR) is 174 cm³/mol. The van der Waals surface area contributed by atoms with Gasteiger partial charge in [-0.1, -0.05) is 0 Å². The molecule has 1 aliphatic rings. The van der Waals surface area contributed by atoms with Crippen LogP contribution in [-0.2, 0) is 13.0 Å². The van der Waals surface area contributed by atoms with Crippen molar-refractivity contribution >= 4 is 11.6 Å². The van der Waals surface area contributed by atoms with Crippen LogP contribution in [0.2, 0.25) is 0 Å². The van der Waals surface area contributed by atoms with Crippen LogP contribution in [0.4, 0.5) is 5.69 Å². The average molecular weight is 594 g/mol. The first kappa shape index (κ1) is 31.1. The third-order valence-electron chi connectivity index (χ3n) is 9.10. The Morgan fingerprint density at radius 2 is 1.75 bits per heavy atom. The van der Waals surface area contributed by atoms with Crippen LogP contribution >= 0.6 is 0 Å². The van der Waals surface area contributed by atoms with E-state index in [1.54, 1.807) is 19.5 Å². The summed E-state index contributed by atoms with van der Waals surface area (Å²) in [5.74, 6) is 0.419. The molecule has 4 heterocycles. The topological polar surface area (TPSA) is 110 Å². The van der Waals surface area contributed by atoms with Crippen LogP contribution < -0.4 is 15.4 Å². The minimum atomic E-state index is -0.442. The van der Waals surface area contributed by atoms with E-state index in [1.165, 1.54) is 23.1 Å². The Bertz CT molecular complexity index is 1570. The van der Waals surface area contributed by atoms with Gasteiger partial charge in [0.15, 0.2) is 0 Å². The number of nitrogens with two attached hydrogens (primary N) is 1. The first-order valence-corrected chi connectivity index (χ1v) is 15.4. The van der Waals surface area contributed by atoms with Crippen molar-refractivity contribution in [3.05, 3.63) is 95.0 Å². The number of benzene rings is 1. The fourth-order valence-corrected chi connectivity index (χ4v) is 6.44.